The zero-order chi connectivity index (χ0) is 13.5. The number of rotatable bonds is 7. The van der Waals surface area contributed by atoms with Crippen LogP contribution in [-0.2, 0) is 4.79 Å². The first-order chi connectivity index (χ1) is 8.58. The molecule has 0 bridgehead atoms. The van der Waals surface area contributed by atoms with Crippen LogP contribution >= 0.6 is 0 Å². The van der Waals surface area contributed by atoms with Crippen molar-refractivity contribution >= 4 is 11.8 Å². The highest BCUT2D eigenvalue weighted by Gasteiger charge is 2.12. The normalized spacial score (nSPS) is 9.89. The predicted molar refractivity (Wildman–Crippen MR) is 65.4 cm³/mol. The van der Waals surface area contributed by atoms with Gasteiger partial charge in [0, 0.05) is 12.0 Å². The van der Waals surface area contributed by atoms with Gasteiger partial charge in [-0.05, 0) is 25.1 Å². The number of carbonyl (C=O) groups is 2. The second-order valence-electron chi connectivity index (χ2n) is 3.62. The molecule has 1 rings (SSSR count). The van der Waals surface area contributed by atoms with Crippen LogP contribution in [0.25, 0.3) is 0 Å². The van der Waals surface area contributed by atoms with Crippen LogP contribution in [0.3, 0.4) is 0 Å². The summed E-state index contributed by atoms with van der Waals surface area (Å²) in [5.41, 5.74) is 0.427. The fourth-order valence-corrected chi connectivity index (χ4v) is 1.48. The average molecular weight is 252 g/mol. The van der Waals surface area contributed by atoms with Gasteiger partial charge in [0.25, 0.3) is 0 Å². The van der Waals surface area contributed by atoms with E-state index in [1.165, 1.54) is 7.11 Å². The molecule has 0 radical (unpaired) electrons. The van der Waals surface area contributed by atoms with Crippen molar-refractivity contribution in [3.8, 4) is 11.5 Å². The van der Waals surface area contributed by atoms with E-state index in [2.05, 4.69) is 0 Å². The van der Waals surface area contributed by atoms with Crippen LogP contribution < -0.4 is 9.47 Å². The molecule has 0 atom stereocenters. The van der Waals surface area contributed by atoms with E-state index in [-0.39, 0.29) is 18.6 Å². The monoisotopic (exact) mass is 252 g/mol. The molecule has 0 unspecified atom stereocenters. The number of carbonyl (C=O) groups excluding carboxylic acids is 1. The minimum absolute atomic E-state index is 0.0214. The van der Waals surface area contributed by atoms with Gasteiger partial charge in [0.05, 0.1) is 20.1 Å². The van der Waals surface area contributed by atoms with Crippen molar-refractivity contribution in [3.05, 3.63) is 23.8 Å². The Morgan fingerprint density at radius 1 is 1.22 bits per heavy atom. The number of carboxylic acids is 1. The first-order valence-corrected chi connectivity index (χ1v) is 5.64. The summed E-state index contributed by atoms with van der Waals surface area (Å²) in [5.74, 6) is -0.173. The van der Waals surface area contributed by atoms with Gasteiger partial charge in [0.2, 0.25) is 0 Å². The molecule has 98 valence electrons. The third-order valence-electron chi connectivity index (χ3n) is 2.35. The smallest absolute Gasteiger partial charge is 0.303 e. The van der Waals surface area contributed by atoms with Crippen molar-refractivity contribution in [3.63, 3.8) is 0 Å². The van der Waals surface area contributed by atoms with Crippen molar-refractivity contribution in [2.45, 2.75) is 19.8 Å². The lowest BCUT2D eigenvalue weighted by molar-refractivity contribution is -0.136. The van der Waals surface area contributed by atoms with Gasteiger partial charge in [-0.1, -0.05) is 0 Å². The molecule has 1 aromatic rings. The van der Waals surface area contributed by atoms with Crippen LogP contribution in [0.15, 0.2) is 18.2 Å². The minimum Gasteiger partial charge on any atom is -0.493 e. The molecule has 0 aliphatic carbocycles. The lowest BCUT2D eigenvalue weighted by Gasteiger charge is -2.10. The Morgan fingerprint density at radius 2 is 1.94 bits per heavy atom. The Labute approximate surface area is 105 Å². The van der Waals surface area contributed by atoms with Crippen molar-refractivity contribution in [2.24, 2.45) is 0 Å². The van der Waals surface area contributed by atoms with Crippen molar-refractivity contribution in [1.29, 1.82) is 0 Å². The molecular formula is C13H16O5. The zero-order valence-electron chi connectivity index (χ0n) is 10.4. The SMILES string of the molecule is CCOc1ccc(C(=O)CCC(=O)O)cc1OC. The topological polar surface area (TPSA) is 72.8 Å². The molecule has 1 aromatic carbocycles. The molecule has 0 amide bonds. The van der Waals surface area contributed by atoms with Gasteiger partial charge >= 0.3 is 5.97 Å². The van der Waals surface area contributed by atoms with Gasteiger partial charge in [-0.3, -0.25) is 9.59 Å². The highest BCUT2D eigenvalue weighted by molar-refractivity contribution is 5.98. The molecular weight excluding hydrogens is 236 g/mol. The molecule has 1 N–H and O–H groups in total. The van der Waals surface area contributed by atoms with E-state index in [0.29, 0.717) is 23.7 Å². The van der Waals surface area contributed by atoms with Gasteiger partial charge < -0.3 is 14.6 Å². The van der Waals surface area contributed by atoms with Crippen molar-refractivity contribution < 1.29 is 24.2 Å². The van der Waals surface area contributed by atoms with Gasteiger partial charge in [-0.25, -0.2) is 0 Å². The van der Waals surface area contributed by atoms with Crippen LogP contribution in [0.5, 0.6) is 11.5 Å². The molecule has 0 aliphatic heterocycles. The number of ketones is 1. The van der Waals surface area contributed by atoms with E-state index in [4.69, 9.17) is 14.6 Å². The Kier molecular flexibility index (Phi) is 5.17. The summed E-state index contributed by atoms with van der Waals surface area (Å²) in [6.07, 6.45) is -0.194. The molecule has 5 heteroatoms. The zero-order valence-corrected chi connectivity index (χ0v) is 10.4. The highest BCUT2D eigenvalue weighted by Crippen LogP contribution is 2.28. The first kappa shape index (κ1) is 14.0. The standard InChI is InChI=1S/C13H16O5/c1-3-18-11-6-4-9(8-12(11)17-2)10(14)5-7-13(15)16/h4,6,8H,3,5,7H2,1-2H3,(H,15,16). The molecule has 0 aliphatic rings. The van der Waals surface area contributed by atoms with Crippen LogP contribution in [0, 0.1) is 0 Å². The maximum Gasteiger partial charge on any atom is 0.303 e. The molecule has 0 heterocycles. The van der Waals surface area contributed by atoms with E-state index in [1.54, 1.807) is 18.2 Å². The molecule has 0 saturated heterocycles. The van der Waals surface area contributed by atoms with E-state index < -0.39 is 5.97 Å². The van der Waals surface area contributed by atoms with Crippen molar-refractivity contribution in [1.82, 2.24) is 0 Å². The maximum atomic E-state index is 11.7. The maximum absolute atomic E-state index is 11.7. The van der Waals surface area contributed by atoms with Crippen LogP contribution in [0.1, 0.15) is 30.1 Å². The van der Waals surface area contributed by atoms with Crippen molar-refractivity contribution in [2.75, 3.05) is 13.7 Å². The first-order valence-electron chi connectivity index (χ1n) is 5.64. The van der Waals surface area contributed by atoms with E-state index >= 15 is 0 Å². The number of hydrogen-bond acceptors (Lipinski definition) is 4. The highest BCUT2D eigenvalue weighted by atomic mass is 16.5. The lowest BCUT2D eigenvalue weighted by atomic mass is 10.1. The predicted octanol–water partition coefficient (Wildman–Crippen LogP) is 2.14. The van der Waals surface area contributed by atoms with Crippen LogP contribution in [0.4, 0.5) is 0 Å². The van der Waals surface area contributed by atoms with Gasteiger partial charge in [0.15, 0.2) is 17.3 Å². The summed E-state index contributed by atoms with van der Waals surface area (Å²) in [6.45, 7) is 2.36. The third kappa shape index (κ3) is 3.76. The van der Waals surface area contributed by atoms with E-state index in [0.717, 1.165) is 0 Å². The summed E-state index contributed by atoms with van der Waals surface area (Å²) in [6, 6.07) is 4.82. The summed E-state index contributed by atoms with van der Waals surface area (Å²) in [4.78, 5) is 22.1. The third-order valence-corrected chi connectivity index (χ3v) is 2.35. The fourth-order valence-electron chi connectivity index (χ4n) is 1.48. The number of aliphatic carboxylic acids is 1. The summed E-state index contributed by atoms with van der Waals surface area (Å²) in [7, 11) is 1.49. The van der Waals surface area contributed by atoms with Crippen LogP contribution in [0.2, 0.25) is 0 Å². The number of hydrogen-bond donors (Lipinski definition) is 1. The number of carboxylic acid groups (broad SMARTS) is 1. The Bertz CT molecular complexity index is 439. The quantitative estimate of drug-likeness (QED) is 0.753. The fraction of sp³-hybridized carbons (Fsp3) is 0.385. The lowest BCUT2D eigenvalue weighted by Crippen LogP contribution is -2.04. The molecule has 0 spiro atoms. The van der Waals surface area contributed by atoms with Gasteiger partial charge in [-0.2, -0.15) is 0 Å². The summed E-state index contributed by atoms with van der Waals surface area (Å²) < 4.78 is 10.5. The Morgan fingerprint density at radius 3 is 2.50 bits per heavy atom. The van der Waals surface area contributed by atoms with E-state index in [9.17, 15) is 9.59 Å². The molecule has 18 heavy (non-hydrogen) atoms. The van der Waals surface area contributed by atoms with Gasteiger partial charge in [0.1, 0.15) is 0 Å². The number of benzene rings is 1. The average Bonchev–Trinajstić information content (AvgIpc) is 2.36. The molecule has 5 nitrogen and oxygen atoms in total. The molecule has 0 saturated carbocycles. The largest absolute Gasteiger partial charge is 0.493 e. The number of methoxy groups -OCH3 is 1. The van der Waals surface area contributed by atoms with Crippen LogP contribution in [-0.4, -0.2) is 30.6 Å². The second kappa shape index (κ2) is 6.64. The minimum atomic E-state index is -0.985. The molecule has 0 aromatic heterocycles. The second-order valence-corrected chi connectivity index (χ2v) is 3.62. The summed E-state index contributed by atoms with van der Waals surface area (Å²) >= 11 is 0. The van der Waals surface area contributed by atoms with E-state index in [1.807, 2.05) is 6.92 Å². The number of Topliss-reactive ketones (excluding diaryl/α,β-unsaturated/α-hetero) is 1. The molecule has 0 fully saturated rings. The number of ether oxygens (including phenoxy) is 2. The Hall–Kier alpha value is -2.04. The Balaban J connectivity index is 2.84. The van der Waals surface area contributed by atoms with Gasteiger partial charge in [-0.15, -0.1) is 0 Å². The summed E-state index contributed by atoms with van der Waals surface area (Å²) in [5, 5.41) is 8.53.